The number of hydrogen-bond donors (Lipinski definition) is 2. The van der Waals surface area contributed by atoms with Gasteiger partial charge < -0.3 is 34.5 Å². The summed E-state index contributed by atoms with van der Waals surface area (Å²) < 4.78 is 21.7. The molecule has 0 aliphatic carbocycles. The van der Waals surface area contributed by atoms with Crippen molar-refractivity contribution in [2.75, 3.05) is 65.6 Å². The molecule has 0 bridgehead atoms. The number of amides is 2. The number of urea groups is 1. The van der Waals surface area contributed by atoms with Crippen molar-refractivity contribution in [1.29, 1.82) is 0 Å². The molecule has 4 rings (SSSR count). The normalized spacial score (nSPS) is 18.1. The number of benzene rings is 2. The molecule has 2 aromatic carbocycles. The Morgan fingerprint density at radius 3 is 2.32 bits per heavy atom. The molecule has 1 saturated heterocycles. The van der Waals surface area contributed by atoms with E-state index in [9.17, 15) is 9.59 Å². The van der Waals surface area contributed by atoms with E-state index in [0.29, 0.717) is 34.9 Å². The first kappa shape index (κ1) is 26.2. The molecule has 2 aliphatic heterocycles. The third-order valence-electron chi connectivity index (χ3n) is 6.58. The van der Waals surface area contributed by atoms with Crippen LogP contribution in [-0.2, 0) is 9.53 Å². The van der Waals surface area contributed by atoms with Gasteiger partial charge in [-0.2, -0.15) is 0 Å². The third kappa shape index (κ3) is 5.75. The summed E-state index contributed by atoms with van der Waals surface area (Å²) in [4.78, 5) is 30.5. The van der Waals surface area contributed by atoms with Gasteiger partial charge in [-0.1, -0.05) is 12.1 Å². The second-order valence-electron chi connectivity index (χ2n) is 8.69. The van der Waals surface area contributed by atoms with Gasteiger partial charge in [-0.3, -0.25) is 4.90 Å². The summed E-state index contributed by atoms with van der Waals surface area (Å²) in [7, 11) is 4.73. The van der Waals surface area contributed by atoms with Crippen molar-refractivity contribution in [3.8, 4) is 17.2 Å². The molecule has 2 aromatic rings. The molecule has 1 unspecified atom stereocenters. The van der Waals surface area contributed by atoms with Crippen molar-refractivity contribution >= 4 is 17.7 Å². The molecule has 2 N–H and O–H groups in total. The summed E-state index contributed by atoms with van der Waals surface area (Å²) >= 11 is 0. The number of carbonyl (C=O) groups excluding carboxylic acids is 2. The largest absolute Gasteiger partial charge is 0.497 e. The Hall–Kier alpha value is -3.92. The lowest BCUT2D eigenvalue weighted by molar-refractivity contribution is -0.139. The van der Waals surface area contributed by atoms with E-state index < -0.39 is 18.0 Å². The van der Waals surface area contributed by atoms with Gasteiger partial charge in [0.1, 0.15) is 5.75 Å². The van der Waals surface area contributed by atoms with E-state index in [1.807, 2.05) is 18.2 Å². The Bertz CT molecular complexity index is 1140. The van der Waals surface area contributed by atoms with Crippen LogP contribution in [0.2, 0.25) is 0 Å². The number of nitrogens with zero attached hydrogens (tertiary/aromatic N) is 2. The average molecular weight is 511 g/mol. The number of anilines is 1. The van der Waals surface area contributed by atoms with Crippen LogP contribution in [0.15, 0.2) is 53.7 Å². The maximum atomic E-state index is 13.2. The van der Waals surface area contributed by atoms with Crippen LogP contribution >= 0.6 is 0 Å². The van der Waals surface area contributed by atoms with Crippen LogP contribution in [0.4, 0.5) is 10.5 Å². The molecule has 2 aliphatic rings. The Morgan fingerprint density at radius 2 is 1.70 bits per heavy atom. The van der Waals surface area contributed by atoms with Crippen molar-refractivity contribution in [2.45, 2.75) is 13.0 Å². The molecule has 0 aromatic heterocycles. The van der Waals surface area contributed by atoms with Gasteiger partial charge in [0.15, 0.2) is 11.5 Å². The van der Waals surface area contributed by atoms with Crippen LogP contribution in [0, 0.1) is 0 Å². The molecule has 1 atom stereocenters. The minimum absolute atomic E-state index is 0.214. The molecule has 37 heavy (non-hydrogen) atoms. The van der Waals surface area contributed by atoms with Crippen molar-refractivity contribution in [2.24, 2.45) is 0 Å². The van der Waals surface area contributed by atoms with E-state index >= 15 is 0 Å². The van der Waals surface area contributed by atoms with Gasteiger partial charge in [-0.15, -0.1) is 0 Å². The highest BCUT2D eigenvalue weighted by Gasteiger charge is 2.36. The first-order chi connectivity index (χ1) is 18.0. The van der Waals surface area contributed by atoms with Crippen molar-refractivity contribution < 1.29 is 28.5 Å². The summed E-state index contributed by atoms with van der Waals surface area (Å²) in [5.41, 5.74) is 2.62. The highest BCUT2D eigenvalue weighted by Crippen LogP contribution is 2.39. The highest BCUT2D eigenvalue weighted by atomic mass is 16.5. The van der Waals surface area contributed by atoms with Crippen LogP contribution in [0.1, 0.15) is 18.5 Å². The van der Waals surface area contributed by atoms with Crippen molar-refractivity contribution in [3.05, 3.63) is 59.3 Å². The molecule has 2 amide bonds. The number of para-hydroxylation sites is 1. The smallest absolute Gasteiger partial charge is 0.338 e. The van der Waals surface area contributed by atoms with Gasteiger partial charge in [-0.05, 0) is 37.3 Å². The number of rotatable bonds is 9. The van der Waals surface area contributed by atoms with Crippen LogP contribution < -0.4 is 29.7 Å². The zero-order chi connectivity index (χ0) is 26.4. The summed E-state index contributed by atoms with van der Waals surface area (Å²) in [6.45, 7) is 5.53. The van der Waals surface area contributed by atoms with Crippen LogP contribution in [-0.4, -0.2) is 77.6 Å². The van der Waals surface area contributed by atoms with Gasteiger partial charge in [0.05, 0.1) is 39.6 Å². The highest BCUT2D eigenvalue weighted by molar-refractivity contribution is 5.95. The van der Waals surface area contributed by atoms with Gasteiger partial charge >= 0.3 is 12.0 Å². The molecular weight excluding hydrogens is 476 g/mol. The van der Waals surface area contributed by atoms with Crippen molar-refractivity contribution in [3.63, 3.8) is 0 Å². The van der Waals surface area contributed by atoms with Crippen molar-refractivity contribution in [1.82, 2.24) is 15.5 Å². The molecule has 0 radical (unpaired) electrons. The van der Waals surface area contributed by atoms with Crippen LogP contribution in [0.25, 0.3) is 0 Å². The maximum Gasteiger partial charge on any atom is 0.338 e. The van der Waals surface area contributed by atoms with Crippen LogP contribution in [0.5, 0.6) is 17.2 Å². The van der Waals surface area contributed by atoms with Gasteiger partial charge in [-0.25, -0.2) is 9.59 Å². The van der Waals surface area contributed by atoms with Gasteiger partial charge in [0, 0.05) is 49.7 Å². The second-order valence-corrected chi connectivity index (χ2v) is 8.69. The molecular formula is C27H34N4O6. The molecule has 198 valence electrons. The molecule has 1 fully saturated rings. The number of esters is 1. The first-order valence-corrected chi connectivity index (χ1v) is 12.3. The molecule has 0 saturated carbocycles. The predicted octanol–water partition coefficient (Wildman–Crippen LogP) is 2.71. The number of hydrogen-bond acceptors (Lipinski definition) is 8. The fraction of sp³-hybridized carbons (Fsp3) is 0.407. The minimum Gasteiger partial charge on any atom is -0.497 e. The van der Waals surface area contributed by atoms with E-state index in [2.05, 4.69) is 32.6 Å². The quantitative estimate of drug-likeness (QED) is 0.497. The van der Waals surface area contributed by atoms with Crippen LogP contribution in [0.3, 0.4) is 0 Å². The van der Waals surface area contributed by atoms with Gasteiger partial charge in [0.2, 0.25) is 0 Å². The van der Waals surface area contributed by atoms with E-state index in [1.165, 1.54) is 7.11 Å². The van der Waals surface area contributed by atoms with Gasteiger partial charge in [0.25, 0.3) is 0 Å². The zero-order valence-electron chi connectivity index (χ0n) is 21.7. The number of nitrogens with one attached hydrogen (secondary N) is 2. The van der Waals surface area contributed by atoms with E-state index in [4.69, 9.17) is 18.9 Å². The summed E-state index contributed by atoms with van der Waals surface area (Å²) in [6.07, 6.45) is 0. The standard InChI is InChI=1S/C27H34N4O6/c1-5-37-26(32)23-21(17-30-13-15-31(16-14-30)18-9-11-19(34-2)12-10-18)28-27(33)29-24(23)20-7-6-8-22(35-3)25(20)36-4/h6-12,24H,5,13-17H2,1-4H3,(H2,28,29,33). The topological polar surface area (TPSA) is 102 Å². The first-order valence-electron chi connectivity index (χ1n) is 12.3. The third-order valence-corrected chi connectivity index (χ3v) is 6.58. The maximum absolute atomic E-state index is 13.2. The number of carbonyl (C=O) groups is 2. The van der Waals surface area contributed by atoms with E-state index in [-0.39, 0.29) is 6.61 Å². The fourth-order valence-corrected chi connectivity index (χ4v) is 4.75. The Morgan fingerprint density at radius 1 is 0.973 bits per heavy atom. The molecule has 10 nitrogen and oxygen atoms in total. The fourth-order valence-electron chi connectivity index (χ4n) is 4.75. The monoisotopic (exact) mass is 510 g/mol. The number of methoxy groups -OCH3 is 3. The summed E-state index contributed by atoms with van der Waals surface area (Å²) in [5.74, 6) is 1.29. The van der Waals surface area contributed by atoms with E-state index in [1.54, 1.807) is 33.3 Å². The minimum atomic E-state index is -0.756. The average Bonchev–Trinajstić information content (AvgIpc) is 2.92. The van der Waals surface area contributed by atoms with E-state index in [0.717, 1.165) is 37.6 Å². The lowest BCUT2D eigenvalue weighted by Crippen LogP contribution is -2.51. The Balaban J connectivity index is 1.59. The second kappa shape index (κ2) is 11.9. The lowest BCUT2D eigenvalue weighted by atomic mass is 9.93. The summed E-state index contributed by atoms with van der Waals surface area (Å²) in [5, 5.41) is 5.73. The number of piperazine rings is 1. The SMILES string of the molecule is CCOC(=O)C1=C(CN2CCN(c3ccc(OC)cc3)CC2)NC(=O)NC1c1cccc(OC)c1OC. The molecule has 0 spiro atoms. The Labute approximate surface area is 217 Å². The predicted molar refractivity (Wildman–Crippen MR) is 139 cm³/mol. The Kier molecular flexibility index (Phi) is 8.39. The summed E-state index contributed by atoms with van der Waals surface area (Å²) in [6, 6.07) is 12.2. The zero-order valence-corrected chi connectivity index (χ0v) is 21.7. The molecule has 2 heterocycles. The lowest BCUT2D eigenvalue weighted by Gasteiger charge is -2.38. The number of ether oxygens (including phenoxy) is 4. The molecule has 10 heteroatoms.